The van der Waals surface area contributed by atoms with Crippen LogP contribution >= 0.6 is 15.9 Å². The first kappa shape index (κ1) is 17.5. The van der Waals surface area contributed by atoms with E-state index in [0.29, 0.717) is 18.8 Å². The Kier molecular flexibility index (Phi) is 3.72. The van der Waals surface area contributed by atoms with E-state index in [0.717, 1.165) is 12.8 Å². The monoisotopic (exact) mass is 414 g/mol. The first-order valence-electron chi connectivity index (χ1n) is 8.51. The van der Waals surface area contributed by atoms with Gasteiger partial charge in [0, 0.05) is 18.3 Å². The number of alkyl halides is 4. The first-order chi connectivity index (χ1) is 11.0. The van der Waals surface area contributed by atoms with Crippen LogP contribution in [0, 0.1) is 23.7 Å². The maximum Gasteiger partial charge on any atom is 0.427 e. The van der Waals surface area contributed by atoms with Crippen molar-refractivity contribution in [2.75, 3.05) is 0 Å². The smallest absolute Gasteiger partial charge is 0.322 e. The van der Waals surface area contributed by atoms with Crippen molar-refractivity contribution < 1.29 is 32.4 Å². The highest BCUT2D eigenvalue weighted by Gasteiger charge is 2.75. The standard InChI is InChI=1S/C16H22BrF3O4/c1-8-4-5-11-9(2)15(17,16(18,19)20)22-12-14(11)10(8)6-7-13(3,21-12)23-24-14/h8-12H,4-7H2,1-3H3/t8-,9-,10+,11+,12-,13+,14-,15+/m1/s1. The summed E-state index contributed by atoms with van der Waals surface area (Å²) in [5.74, 6) is -1.88. The van der Waals surface area contributed by atoms with Gasteiger partial charge in [0.1, 0.15) is 0 Å². The Bertz CT molecular complexity index is 546. The molecule has 1 saturated carbocycles. The molecule has 2 bridgehead atoms. The van der Waals surface area contributed by atoms with Crippen molar-refractivity contribution in [2.24, 2.45) is 23.7 Å². The predicted octanol–water partition coefficient (Wildman–Crippen LogP) is 4.52. The molecule has 0 aromatic rings. The number of rotatable bonds is 0. The molecule has 0 amide bonds. The van der Waals surface area contributed by atoms with E-state index in [9.17, 15) is 13.2 Å². The number of halogens is 4. The first-order valence-corrected chi connectivity index (χ1v) is 9.31. The molecule has 5 rings (SSSR count). The van der Waals surface area contributed by atoms with Crippen molar-refractivity contribution >= 4 is 15.9 Å². The lowest BCUT2D eigenvalue weighted by Gasteiger charge is -2.62. The van der Waals surface area contributed by atoms with E-state index in [1.165, 1.54) is 0 Å². The van der Waals surface area contributed by atoms with Crippen molar-refractivity contribution in [3.63, 3.8) is 0 Å². The van der Waals surface area contributed by atoms with Crippen LogP contribution in [0.25, 0.3) is 0 Å². The molecular weight excluding hydrogens is 393 g/mol. The third-order valence-corrected chi connectivity index (χ3v) is 7.99. The quantitative estimate of drug-likeness (QED) is 0.431. The van der Waals surface area contributed by atoms with Crippen LogP contribution in [0.3, 0.4) is 0 Å². The van der Waals surface area contributed by atoms with Gasteiger partial charge >= 0.3 is 6.18 Å². The molecule has 4 saturated heterocycles. The summed E-state index contributed by atoms with van der Waals surface area (Å²) in [6.45, 7) is 5.40. The molecule has 4 aliphatic heterocycles. The van der Waals surface area contributed by atoms with Crippen LogP contribution in [-0.4, -0.2) is 28.4 Å². The number of hydrogen-bond acceptors (Lipinski definition) is 4. The van der Waals surface area contributed by atoms with Crippen LogP contribution in [0.4, 0.5) is 13.2 Å². The van der Waals surface area contributed by atoms with Gasteiger partial charge in [0.2, 0.25) is 10.3 Å². The molecule has 8 atom stereocenters. The lowest BCUT2D eigenvalue weighted by atomic mass is 9.57. The van der Waals surface area contributed by atoms with Gasteiger partial charge < -0.3 is 9.47 Å². The molecule has 0 radical (unpaired) electrons. The van der Waals surface area contributed by atoms with Crippen LogP contribution in [0.5, 0.6) is 0 Å². The highest BCUT2D eigenvalue weighted by Crippen LogP contribution is 2.65. The molecule has 1 spiro atoms. The highest BCUT2D eigenvalue weighted by molar-refractivity contribution is 9.10. The summed E-state index contributed by atoms with van der Waals surface area (Å²) in [5.41, 5.74) is -0.977. The number of hydrogen-bond donors (Lipinski definition) is 0. The van der Waals surface area contributed by atoms with Crippen molar-refractivity contribution in [3.8, 4) is 0 Å². The summed E-state index contributed by atoms with van der Waals surface area (Å²) in [4.78, 5) is 11.4. The van der Waals surface area contributed by atoms with Crippen LogP contribution in [-0.2, 0) is 19.2 Å². The maximum atomic E-state index is 13.8. The van der Waals surface area contributed by atoms with Crippen molar-refractivity contribution in [1.29, 1.82) is 0 Å². The highest BCUT2D eigenvalue weighted by atomic mass is 79.9. The number of ether oxygens (including phenoxy) is 2. The maximum absolute atomic E-state index is 13.8. The van der Waals surface area contributed by atoms with Gasteiger partial charge in [-0.15, -0.1) is 0 Å². The topological polar surface area (TPSA) is 36.9 Å². The van der Waals surface area contributed by atoms with Gasteiger partial charge in [0.05, 0.1) is 0 Å². The van der Waals surface area contributed by atoms with Gasteiger partial charge in [-0.05, 0) is 54.0 Å². The summed E-state index contributed by atoms with van der Waals surface area (Å²) in [6, 6.07) is 0. The zero-order chi connectivity index (χ0) is 17.5. The molecule has 0 aromatic carbocycles. The molecule has 0 N–H and O–H groups in total. The Morgan fingerprint density at radius 2 is 1.71 bits per heavy atom. The molecule has 138 valence electrons. The Morgan fingerprint density at radius 1 is 1.00 bits per heavy atom. The normalized spacial score (nSPS) is 57.4. The van der Waals surface area contributed by atoms with Crippen LogP contribution in [0.1, 0.15) is 46.5 Å². The molecule has 24 heavy (non-hydrogen) atoms. The molecule has 5 fully saturated rings. The van der Waals surface area contributed by atoms with Crippen molar-refractivity contribution in [3.05, 3.63) is 0 Å². The second kappa shape index (κ2) is 5.09. The minimum atomic E-state index is -4.55. The van der Waals surface area contributed by atoms with Gasteiger partial charge in [0.15, 0.2) is 11.9 Å². The zero-order valence-electron chi connectivity index (χ0n) is 13.9. The third kappa shape index (κ3) is 2.06. The molecule has 4 nitrogen and oxygen atoms in total. The average Bonchev–Trinajstić information content (AvgIpc) is 2.70. The fraction of sp³-hybridized carbons (Fsp3) is 1.00. The summed E-state index contributed by atoms with van der Waals surface area (Å²) >= 11 is 2.87. The fourth-order valence-corrected chi connectivity index (χ4v) is 5.72. The largest absolute Gasteiger partial charge is 0.427 e. The van der Waals surface area contributed by atoms with E-state index < -0.39 is 34.3 Å². The molecule has 1 aliphatic carbocycles. The fourth-order valence-electron chi connectivity index (χ4n) is 5.23. The third-order valence-electron chi connectivity index (χ3n) is 6.63. The summed E-state index contributed by atoms with van der Waals surface area (Å²) in [6.07, 6.45) is -2.79. The van der Waals surface area contributed by atoms with Crippen LogP contribution in [0.2, 0.25) is 0 Å². The Hall–Kier alpha value is 0.110. The Morgan fingerprint density at radius 3 is 2.38 bits per heavy atom. The second-order valence-electron chi connectivity index (χ2n) is 7.96. The Labute approximate surface area is 147 Å². The molecule has 8 heteroatoms. The summed E-state index contributed by atoms with van der Waals surface area (Å²) < 4.78 is 50.4. The lowest BCUT2D eigenvalue weighted by Crippen LogP contribution is -2.74. The summed E-state index contributed by atoms with van der Waals surface area (Å²) in [5, 5.41) is 0. The van der Waals surface area contributed by atoms with E-state index in [4.69, 9.17) is 19.2 Å². The van der Waals surface area contributed by atoms with Crippen molar-refractivity contribution in [2.45, 2.75) is 74.8 Å². The van der Waals surface area contributed by atoms with Gasteiger partial charge in [-0.2, -0.15) is 13.2 Å². The van der Waals surface area contributed by atoms with E-state index in [2.05, 4.69) is 22.9 Å². The lowest BCUT2D eigenvalue weighted by molar-refractivity contribution is -0.577. The van der Waals surface area contributed by atoms with E-state index >= 15 is 0 Å². The minimum absolute atomic E-state index is 0.0540. The average molecular weight is 415 g/mol. The summed E-state index contributed by atoms with van der Waals surface area (Å²) in [7, 11) is 0. The van der Waals surface area contributed by atoms with Gasteiger partial charge in [-0.3, -0.25) is 0 Å². The van der Waals surface area contributed by atoms with Gasteiger partial charge in [-0.1, -0.05) is 13.8 Å². The van der Waals surface area contributed by atoms with E-state index in [1.807, 2.05) is 0 Å². The molecule has 5 aliphatic rings. The van der Waals surface area contributed by atoms with Crippen LogP contribution in [0.15, 0.2) is 0 Å². The molecule has 4 heterocycles. The second-order valence-corrected chi connectivity index (χ2v) is 9.14. The molecule has 0 aromatic heterocycles. The SMILES string of the molecule is C[C@@H]1CC[C@H]2[C@@H](C)[C@@](Br)(C(F)(F)F)O[C@H]3O[C@]4(C)CC[C@@H]1[C@]32OO4. The predicted molar refractivity (Wildman–Crippen MR) is 80.8 cm³/mol. The number of fused-ring (bicyclic) bond motifs is 2. The van der Waals surface area contributed by atoms with E-state index in [1.54, 1.807) is 13.8 Å². The van der Waals surface area contributed by atoms with Crippen LogP contribution < -0.4 is 0 Å². The van der Waals surface area contributed by atoms with Gasteiger partial charge in [-0.25, -0.2) is 9.78 Å². The van der Waals surface area contributed by atoms with Gasteiger partial charge in [0.25, 0.3) is 0 Å². The zero-order valence-corrected chi connectivity index (χ0v) is 15.4. The molecule has 0 unspecified atom stereocenters. The van der Waals surface area contributed by atoms with Crippen molar-refractivity contribution in [1.82, 2.24) is 0 Å². The minimum Gasteiger partial charge on any atom is -0.322 e. The van der Waals surface area contributed by atoms with E-state index in [-0.39, 0.29) is 11.8 Å². The molecular formula is C16H22BrF3O4. The Balaban J connectivity index is 1.84.